The number of allylic oxidation sites excluding steroid dienone is 1. The minimum atomic E-state index is -0.263. The standard InChI is InChI=1S/C60H44N2/c1-60(46-24-9-4-10-25-46)52-30-16-15-29-50(52)56-43(23-17-31-53(56)60)37-39-54(62-59(61)45-21-7-3-8-22-45)41-32-34-44(35-33-41)57-49-28-14-13-27-48(49)55(42-19-5-2-6-20-42)51-38-36-40-18-11-12-26-47(40)58(51)57/h2-36,38-39H,37H2,1H3,(H2,61,62)/b54-39-. The number of hydrogen-bond donors (Lipinski definition) is 1. The van der Waals surface area contributed by atoms with E-state index in [0.717, 1.165) is 22.4 Å². The molecule has 62 heavy (non-hydrogen) atoms. The monoisotopic (exact) mass is 792 g/mol. The molecule has 1 aliphatic carbocycles. The van der Waals surface area contributed by atoms with Gasteiger partial charge in [-0.2, -0.15) is 0 Å². The molecule has 0 bridgehead atoms. The van der Waals surface area contributed by atoms with Crippen molar-refractivity contribution in [3.8, 4) is 33.4 Å². The summed E-state index contributed by atoms with van der Waals surface area (Å²) < 4.78 is 0. The summed E-state index contributed by atoms with van der Waals surface area (Å²) in [6, 6.07) is 78.7. The van der Waals surface area contributed by atoms with E-state index in [0.29, 0.717) is 12.3 Å². The SMILES string of the molecule is CC1(c2ccccc2)c2ccccc2-c2c(C/C=C(\N=C(N)c3ccccc3)c3ccc(-c4c5ccccc5c(-c5ccccc5)c5ccc6ccccc6c45)cc3)cccc21. The van der Waals surface area contributed by atoms with Crippen LogP contribution in [0.3, 0.4) is 0 Å². The van der Waals surface area contributed by atoms with Crippen molar-refractivity contribution in [2.45, 2.75) is 18.8 Å². The number of aliphatic imine (C=N–C) groups is 1. The normalized spacial score (nSPS) is 14.9. The van der Waals surface area contributed by atoms with Crippen molar-refractivity contribution in [2.75, 3.05) is 0 Å². The van der Waals surface area contributed by atoms with E-state index in [1.807, 2.05) is 30.3 Å². The highest BCUT2D eigenvalue weighted by Gasteiger charge is 2.41. The van der Waals surface area contributed by atoms with Gasteiger partial charge in [-0.1, -0.05) is 224 Å². The van der Waals surface area contributed by atoms with E-state index in [1.54, 1.807) is 0 Å². The molecule has 1 unspecified atom stereocenters. The molecule has 0 heterocycles. The molecule has 0 amide bonds. The molecule has 2 nitrogen and oxygen atoms in total. The second-order valence-corrected chi connectivity index (χ2v) is 16.5. The second kappa shape index (κ2) is 15.3. The van der Waals surface area contributed by atoms with Crippen molar-refractivity contribution in [3.63, 3.8) is 0 Å². The second-order valence-electron chi connectivity index (χ2n) is 16.5. The van der Waals surface area contributed by atoms with Crippen molar-refractivity contribution in [1.82, 2.24) is 0 Å². The van der Waals surface area contributed by atoms with Gasteiger partial charge in [-0.05, 0) is 107 Å². The summed E-state index contributed by atoms with van der Waals surface area (Å²) in [5.41, 5.74) is 22.0. The molecule has 294 valence electrons. The lowest BCUT2D eigenvalue weighted by atomic mass is 9.74. The molecule has 0 saturated carbocycles. The van der Waals surface area contributed by atoms with E-state index in [1.165, 1.54) is 82.4 Å². The third-order valence-corrected chi connectivity index (χ3v) is 13.0. The molecule has 1 atom stereocenters. The molecule has 0 aliphatic heterocycles. The summed E-state index contributed by atoms with van der Waals surface area (Å²) in [5, 5.41) is 7.44. The van der Waals surface area contributed by atoms with Crippen LogP contribution >= 0.6 is 0 Å². The molecule has 2 N–H and O–H groups in total. The third-order valence-electron chi connectivity index (χ3n) is 13.0. The van der Waals surface area contributed by atoms with E-state index >= 15 is 0 Å². The molecule has 0 radical (unpaired) electrons. The molecular formula is C60H44N2. The van der Waals surface area contributed by atoms with Gasteiger partial charge in [0.05, 0.1) is 5.70 Å². The smallest absolute Gasteiger partial charge is 0.131 e. The van der Waals surface area contributed by atoms with Crippen LogP contribution in [0.25, 0.3) is 71.4 Å². The maximum Gasteiger partial charge on any atom is 0.131 e. The highest BCUT2D eigenvalue weighted by atomic mass is 14.9. The quantitative estimate of drug-likeness (QED) is 0.0708. The lowest BCUT2D eigenvalue weighted by Gasteiger charge is -2.28. The molecule has 10 aromatic carbocycles. The van der Waals surface area contributed by atoms with Crippen LogP contribution in [0, 0.1) is 0 Å². The van der Waals surface area contributed by atoms with Crippen LogP contribution in [-0.4, -0.2) is 5.84 Å². The van der Waals surface area contributed by atoms with Crippen molar-refractivity contribution >= 4 is 43.9 Å². The Labute approximate surface area is 363 Å². The van der Waals surface area contributed by atoms with Crippen molar-refractivity contribution in [1.29, 1.82) is 0 Å². The van der Waals surface area contributed by atoms with Crippen LogP contribution in [0.1, 0.15) is 40.3 Å². The molecule has 0 saturated heterocycles. The zero-order valence-corrected chi connectivity index (χ0v) is 34.6. The number of nitrogens with two attached hydrogens (primary N) is 1. The summed E-state index contributed by atoms with van der Waals surface area (Å²) in [7, 11) is 0. The molecule has 11 rings (SSSR count). The average Bonchev–Trinajstić information content (AvgIpc) is 3.61. The van der Waals surface area contributed by atoms with E-state index in [-0.39, 0.29) is 5.41 Å². The summed E-state index contributed by atoms with van der Waals surface area (Å²) in [6.07, 6.45) is 2.95. The highest BCUT2D eigenvalue weighted by molar-refractivity contribution is 6.27. The Morgan fingerprint density at radius 1 is 0.468 bits per heavy atom. The minimum Gasteiger partial charge on any atom is -0.383 e. The first kappa shape index (κ1) is 37.2. The molecule has 0 aromatic heterocycles. The van der Waals surface area contributed by atoms with E-state index < -0.39 is 0 Å². The molecule has 1 aliphatic rings. The predicted octanol–water partition coefficient (Wildman–Crippen LogP) is 14.8. The van der Waals surface area contributed by atoms with E-state index in [2.05, 4.69) is 201 Å². The first-order chi connectivity index (χ1) is 30.6. The largest absolute Gasteiger partial charge is 0.383 e. The maximum atomic E-state index is 6.83. The Morgan fingerprint density at radius 3 is 1.82 bits per heavy atom. The fraction of sp³-hybridized carbons (Fsp3) is 0.0500. The molecule has 2 heteroatoms. The number of benzene rings is 10. The lowest BCUT2D eigenvalue weighted by Crippen LogP contribution is -2.22. The maximum absolute atomic E-state index is 6.83. The van der Waals surface area contributed by atoms with Gasteiger partial charge >= 0.3 is 0 Å². The topological polar surface area (TPSA) is 38.4 Å². The molecule has 10 aromatic rings. The third kappa shape index (κ3) is 6.14. The number of nitrogens with zero attached hydrogens (tertiary/aromatic N) is 1. The van der Waals surface area contributed by atoms with Crippen LogP contribution in [0.15, 0.2) is 229 Å². The number of amidine groups is 1. The fourth-order valence-electron chi connectivity index (χ4n) is 10.1. The Kier molecular flexibility index (Phi) is 9.20. The summed E-state index contributed by atoms with van der Waals surface area (Å²) in [6.45, 7) is 2.37. The van der Waals surface area contributed by atoms with Gasteiger partial charge in [-0.15, -0.1) is 0 Å². The highest BCUT2D eigenvalue weighted by Crippen LogP contribution is 2.53. The van der Waals surface area contributed by atoms with Crippen LogP contribution < -0.4 is 5.73 Å². The van der Waals surface area contributed by atoms with Crippen molar-refractivity contribution in [2.24, 2.45) is 10.7 Å². The van der Waals surface area contributed by atoms with Gasteiger partial charge in [-0.25, -0.2) is 4.99 Å². The zero-order valence-electron chi connectivity index (χ0n) is 34.6. The summed E-state index contributed by atoms with van der Waals surface area (Å²) in [4.78, 5) is 5.19. The lowest BCUT2D eigenvalue weighted by molar-refractivity contribution is 0.713. The first-order valence-corrected chi connectivity index (χ1v) is 21.5. The predicted molar refractivity (Wildman–Crippen MR) is 263 cm³/mol. The van der Waals surface area contributed by atoms with Gasteiger partial charge in [0.15, 0.2) is 0 Å². The minimum absolute atomic E-state index is 0.263. The average molecular weight is 793 g/mol. The van der Waals surface area contributed by atoms with Crippen LogP contribution in [0.4, 0.5) is 0 Å². The summed E-state index contributed by atoms with van der Waals surface area (Å²) in [5.74, 6) is 0.487. The number of fused-ring (bicyclic) bond motifs is 7. The van der Waals surface area contributed by atoms with Gasteiger partial charge < -0.3 is 5.73 Å². The molecule has 0 spiro atoms. The number of hydrogen-bond acceptors (Lipinski definition) is 1. The van der Waals surface area contributed by atoms with Gasteiger partial charge in [-0.3, -0.25) is 0 Å². The van der Waals surface area contributed by atoms with Gasteiger partial charge in [0.1, 0.15) is 5.84 Å². The molecule has 0 fully saturated rings. The Balaban J connectivity index is 1.07. The fourth-order valence-corrected chi connectivity index (χ4v) is 10.1. The molecular weight excluding hydrogens is 749 g/mol. The Hall–Kier alpha value is -7.81. The van der Waals surface area contributed by atoms with Crippen LogP contribution in [0.5, 0.6) is 0 Å². The van der Waals surface area contributed by atoms with Gasteiger partial charge in [0.25, 0.3) is 0 Å². The van der Waals surface area contributed by atoms with Crippen molar-refractivity contribution in [3.05, 3.63) is 258 Å². The van der Waals surface area contributed by atoms with Gasteiger partial charge in [0.2, 0.25) is 0 Å². The summed E-state index contributed by atoms with van der Waals surface area (Å²) >= 11 is 0. The Morgan fingerprint density at radius 2 is 1.06 bits per heavy atom. The van der Waals surface area contributed by atoms with Crippen LogP contribution in [-0.2, 0) is 11.8 Å². The first-order valence-electron chi connectivity index (χ1n) is 21.5. The number of rotatable bonds is 8. The van der Waals surface area contributed by atoms with Gasteiger partial charge in [0, 0.05) is 11.0 Å². The van der Waals surface area contributed by atoms with E-state index in [4.69, 9.17) is 10.7 Å². The van der Waals surface area contributed by atoms with Crippen LogP contribution in [0.2, 0.25) is 0 Å². The van der Waals surface area contributed by atoms with E-state index in [9.17, 15) is 0 Å². The Bertz CT molecular complexity index is 3360. The van der Waals surface area contributed by atoms with Crippen molar-refractivity contribution < 1.29 is 0 Å². The zero-order chi connectivity index (χ0) is 41.6.